The van der Waals surface area contributed by atoms with Crippen LogP contribution >= 0.6 is 0 Å². The van der Waals surface area contributed by atoms with Gasteiger partial charge >= 0.3 is 12.2 Å². The van der Waals surface area contributed by atoms with Gasteiger partial charge in [0.1, 0.15) is 11.6 Å². The molecular weight excluding hydrogens is 316 g/mol. The van der Waals surface area contributed by atoms with Gasteiger partial charge in [-0.1, -0.05) is 12.1 Å². The fourth-order valence-corrected chi connectivity index (χ4v) is 2.02. The van der Waals surface area contributed by atoms with E-state index in [-0.39, 0.29) is 11.4 Å². The number of aryl methyl sites for hydroxylation is 2. The van der Waals surface area contributed by atoms with Gasteiger partial charge in [-0.05, 0) is 24.6 Å². The summed E-state index contributed by atoms with van der Waals surface area (Å²) in [7, 11) is 1.55. The molecule has 0 spiro atoms. The molecule has 2 amide bonds. The molecule has 2 N–H and O–H groups in total. The number of carbonyl (C=O) groups excluding carboxylic acids is 1. The molecule has 0 fully saturated rings. The second kappa shape index (κ2) is 6.27. The third kappa shape index (κ3) is 4.21. The Balaban J connectivity index is 2.16. The highest BCUT2D eigenvalue weighted by molar-refractivity contribution is 5.88. The van der Waals surface area contributed by atoms with E-state index in [4.69, 9.17) is 0 Å². The maximum atomic E-state index is 13.1. The number of urea groups is 1. The molecule has 0 unspecified atom stereocenters. The van der Waals surface area contributed by atoms with Crippen LogP contribution in [-0.4, -0.2) is 22.0 Å². The van der Waals surface area contributed by atoms with Crippen LogP contribution in [0.4, 0.5) is 28.2 Å². The van der Waals surface area contributed by atoms with Gasteiger partial charge in [-0.25, -0.2) is 9.18 Å². The predicted molar refractivity (Wildman–Crippen MR) is 75.3 cm³/mol. The summed E-state index contributed by atoms with van der Waals surface area (Å²) in [5, 5.41) is 8.10. The predicted octanol–water partition coefficient (Wildman–Crippen LogP) is 3.29. The summed E-state index contributed by atoms with van der Waals surface area (Å²) in [6, 6.07) is 1.97. The Kier molecular flexibility index (Phi) is 4.57. The highest BCUT2D eigenvalue weighted by Crippen LogP contribution is 2.32. The van der Waals surface area contributed by atoms with E-state index in [0.29, 0.717) is 5.69 Å². The van der Waals surface area contributed by atoms with Gasteiger partial charge in [0, 0.05) is 13.1 Å². The maximum Gasteiger partial charge on any atom is 0.412 e. The van der Waals surface area contributed by atoms with Crippen molar-refractivity contribution in [3.8, 4) is 0 Å². The molecule has 0 radical (unpaired) electrons. The van der Waals surface area contributed by atoms with E-state index < -0.39 is 24.1 Å². The van der Waals surface area contributed by atoms with Crippen molar-refractivity contribution in [3.05, 3.63) is 47.4 Å². The molecule has 1 aromatic carbocycles. The molecule has 1 heterocycles. The summed E-state index contributed by atoms with van der Waals surface area (Å²) in [5.41, 5.74) is 0.337. The topological polar surface area (TPSA) is 59.0 Å². The van der Waals surface area contributed by atoms with E-state index >= 15 is 0 Å². The second-order valence-corrected chi connectivity index (χ2v) is 4.92. The average molecular weight is 330 g/mol. The quantitative estimate of drug-likeness (QED) is 0.849. The molecule has 1 atom stereocenters. The summed E-state index contributed by atoms with van der Waals surface area (Å²) < 4.78 is 53.6. The van der Waals surface area contributed by atoms with Crippen LogP contribution < -0.4 is 10.6 Å². The summed E-state index contributed by atoms with van der Waals surface area (Å²) in [5.74, 6) is -0.412. The first-order valence-electron chi connectivity index (χ1n) is 6.57. The van der Waals surface area contributed by atoms with Crippen molar-refractivity contribution < 1.29 is 22.4 Å². The largest absolute Gasteiger partial charge is 0.412 e. The van der Waals surface area contributed by atoms with Crippen LogP contribution in [0.25, 0.3) is 0 Å². The number of alkyl halides is 3. The lowest BCUT2D eigenvalue weighted by atomic mass is 10.1. The average Bonchev–Trinajstić information content (AvgIpc) is 2.74. The van der Waals surface area contributed by atoms with Crippen molar-refractivity contribution in [1.82, 2.24) is 15.1 Å². The van der Waals surface area contributed by atoms with E-state index in [9.17, 15) is 22.4 Å². The number of rotatable bonds is 3. The fourth-order valence-electron chi connectivity index (χ4n) is 2.02. The summed E-state index contributed by atoms with van der Waals surface area (Å²) in [6.45, 7) is 1.68. The zero-order valence-corrected chi connectivity index (χ0v) is 12.3. The van der Waals surface area contributed by atoms with Gasteiger partial charge in [-0.15, -0.1) is 0 Å². The summed E-state index contributed by atoms with van der Waals surface area (Å²) >= 11 is 0. The van der Waals surface area contributed by atoms with Crippen molar-refractivity contribution >= 4 is 11.8 Å². The standard InChI is InChI=1S/C14H14F4N4O/c1-8-7-11(22(2)21-8)19-13(23)20-12(14(16,17)18)9-3-5-10(15)6-4-9/h3-7,12H,1-2H3,(H2,19,20,23)/t12-/m1/s1. The number of anilines is 1. The number of hydrogen-bond acceptors (Lipinski definition) is 2. The lowest BCUT2D eigenvalue weighted by molar-refractivity contribution is -0.154. The van der Waals surface area contributed by atoms with E-state index in [0.717, 1.165) is 24.3 Å². The molecule has 2 rings (SSSR count). The highest BCUT2D eigenvalue weighted by atomic mass is 19.4. The minimum absolute atomic E-state index is 0.250. The van der Waals surface area contributed by atoms with Crippen LogP contribution in [-0.2, 0) is 7.05 Å². The third-order valence-electron chi connectivity index (χ3n) is 3.05. The maximum absolute atomic E-state index is 13.1. The van der Waals surface area contributed by atoms with Crippen molar-refractivity contribution in [2.24, 2.45) is 7.05 Å². The number of amides is 2. The highest BCUT2D eigenvalue weighted by Gasteiger charge is 2.42. The molecule has 9 heteroatoms. The number of benzene rings is 1. The van der Waals surface area contributed by atoms with Crippen molar-refractivity contribution in [1.29, 1.82) is 0 Å². The molecule has 0 saturated carbocycles. The van der Waals surface area contributed by atoms with Crippen LogP contribution in [0.3, 0.4) is 0 Å². The summed E-state index contributed by atoms with van der Waals surface area (Å²) in [4.78, 5) is 11.8. The number of carbonyl (C=O) groups is 1. The second-order valence-electron chi connectivity index (χ2n) is 4.92. The van der Waals surface area contributed by atoms with Gasteiger partial charge in [-0.2, -0.15) is 18.3 Å². The Bertz CT molecular complexity index is 694. The number of nitrogens with zero attached hydrogens (tertiary/aromatic N) is 2. The summed E-state index contributed by atoms with van der Waals surface area (Å²) in [6.07, 6.45) is -4.72. The Morgan fingerprint density at radius 3 is 2.35 bits per heavy atom. The molecule has 23 heavy (non-hydrogen) atoms. The number of nitrogens with one attached hydrogen (secondary N) is 2. The van der Waals surface area contributed by atoms with Gasteiger partial charge < -0.3 is 5.32 Å². The van der Waals surface area contributed by atoms with Gasteiger partial charge in [0.2, 0.25) is 0 Å². The SMILES string of the molecule is Cc1cc(NC(=O)N[C@H](c2ccc(F)cc2)C(F)(F)F)n(C)n1. The molecule has 0 aliphatic rings. The Morgan fingerprint density at radius 2 is 1.87 bits per heavy atom. The molecule has 0 aliphatic heterocycles. The van der Waals surface area contributed by atoms with Crippen LogP contribution in [0.15, 0.2) is 30.3 Å². The van der Waals surface area contributed by atoms with Crippen LogP contribution in [0.1, 0.15) is 17.3 Å². The van der Waals surface area contributed by atoms with Gasteiger partial charge in [0.25, 0.3) is 0 Å². The van der Waals surface area contributed by atoms with Gasteiger partial charge in [0.15, 0.2) is 6.04 Å². The van der Waals surface area contributed by atoms with E-state index in [1.54, 1.807) is 14.0 Å². The first-order valence-corrected chi connectivity index (χ1v) is 6.57. The van der Waals surface area contributed by atoms with E-state index in [1.165, 1.54) is 10.7 Å². The zero-order chi connectivity index (χ0) is 17.2. The van der Waals surface area contributed by atoms with Crippen molar-refractivity contribution in [2.45, 2.75) is 19.1 Å². The lowest BCUT2D eigenvalue weighted by Gasteiger charge is -2.22. The molecule has 2 aromatic rings. The van der Waals surface area contributed by atoms with Crippen molar-refractivity contribution in [3.63, 3.8) is 0 Å². The first-order chi connectivity index (χ1) is 10.7. The minimum atomic E-state index is -4.72. The van der Waals surface area contributed by atoms with E-state index in [1.807, 2.05) is 5.32 Å². The molecule has 1 aromatic heterocycles. The first kappa shape index (κ1) is 16.8. The lowest BCUT2D eigenvalue weighted by Crippen LogP contribution is -2.40. The molecule has 0 bridgehead atoms. The van der Waals surface area contributed by atoms with Crippen LogP contribution in [0.5, 0.6) is 0 Å². The van der Waals surface area contributed by atoms with Crippen LogP contribution in [0.2, 0.25) is 0 Å². The van der Waals surface area contributed by atoms with Crippen LogP contribution in [0, 0.1) is 12.7 Å². The number of halogens is 4. The molecule has 124 valence electrons. The Labute approximate surface area is 129 Å². The van der Waals surface area contributed by atoms with Crippen molar-refractivity contribution in [2.75, 3.05) is 5.32 Å². The monoisotopic (exact) mass is 330 g/mol. The third-order valence-corrected chi connectivity index (χ3v) is 3.05. The zero-order valence-electron chi connectivity index (χ0n) is 12.3. The van der Waals surface area contributed by atoms with E-state index in [2.05, 4.69) is 10.4 Å². The number of hydrogen-bond donors (Lipinski definition) is 2. The molecular formula is C14H14F4N4O. The molecule has 5 nitrogen and oxygen atoms in total. The Morgan fingerprint density at radius 1 is 1.26 bits per heavy atom. The number of aromatic nitrogens is 2. The Hall–Kier alpha value is -2.58. The minimum Gasteiger partial charge on any atom is -0.322 e. The van der Waals surface area contributed by atoms with Gasteiger partial charge in [-0.3, -0.25) is 10.00 Å². The van der Waals surface area contributed by atoms with Gasteiger partial charge in [0.05, 0.1) is 5.69 Å². The fraction of sp³-hybridized carbons (Fsp3) is 0.286. The smallest absolute Gasteiger partial charge is 0.322 e. The normalized spacial score (nSPS) is 12.8. The molecule has 0 saturated heterocycles. The molecule has 0 aliphatic carbocycles.